The molecule has 1 N–H and O–H groups in total. The first kappa shape index (κ1) is 11.4. The summed E-state index contributed by atoms with van der Waals surface area (Å²) in [7, 11) is 1.86. The lowest BCUT2D eigenvalue weighted by molar-refractivity contribution is 0.988. The molecular weight excluding hydrogens is 248 g/mol. The van der Waals surface area contributed by atoms with Crippen LogP contribution in [0.25, 0.3) is 11.5 Å². The maximum Gasteiger partial charge on any atom is 0.180 e. The van der Waals surface area contributed by atoms with Gasteiger partial charge < -0.3 is 5.32 Å². The van der Waals surface area contributed by atoms with Crippen LogP contribution in [0, 0.1) is 0 Å². The zero-order valence-corrected chi connectivity index (χ0v) is 10.8. The van der Waals surface area contributed by atoms with E-state index in [1.54, 1.807) is 12.3 Å². The van der Waals surface area contributed by atoms with Crippen LogP contribution in [0.15, 0.2) is 24.4 Å². The molecule has 4 nitrogen and oxygen atoms in total. The van der Waals surface area contributed by atoms with E-state index in [-0.39, 0.29) is 0 Å². The number of rotatable bonds is 3. The number of pyridine rings is 1. The average molecular weight is 261 g/mol. The third-order valence-corrected chi connectivity index (χ3v) is 3.18. The molecule has 1 saturated carbocycles. The Morgan fingerprint density at radius 1 is 1.28 bits per heavy atom. The first-order valence-electron chi connectivity index (χ1n) is 5.95. The van der Waals surface area contributed by atoms with Gasteiger partial charge in [0, 0.05) is 30.9 Å². The summed E-state index contributed by atoms with van der Waals surface area (Å²) >= 11 is 5.83. The maximum absolute atomic E-state index is 5.83. The van der Waals surface area contributed by atoms with Crippen LogP contribution < -0.4 is 5.32 Å². The van der Waals surface area contributed by atoms with E-state index in [0.717, 1.165) is 17.2 Å². The van der Waals surface area contributed by atoms with Crippen molar-refractivity contribution in [2.75, 3.05) is 12.4 Å². The summed E-state index contributed by atoms with van der Waals surface area (Å²) in [5.41, 5.74) is 1.85. The number of nitrogens with zero attached hydrogens (tertiary/aromatic N) is 3. The monoisotopic (exact) mass is 260 g/mol. The van der Waals surface area contributed by atoms with E-state index < -0.39 is 0 Å². The highest BCUT2D eigenvalue weighted by Gasteiger charge is 2.26. The largest absolute Gasteiger partial charge is 0.373 e. The Balaban J connectivity index is 2.04. The lowest BCUT2D eigenvalue weighted by atomic mass is 10.2. The van der Waals surface area contributed by atoms with E-state index in [0.29, 0.717) is 16.8 Å². The zero-order chi connectivity index (χ0) is 12.5. The Morgan fingerprint density at radius 3 is 2.72 bits per heavy atom. The molecule has 0 radical (unpaired) electrons. The van der Waals surface area contributed by atoms with Crippen LogP contribution in [0.1, 0.15) is 24.5 Å². The second-order valence-electron chi connectivity index (χ2n) is 4.39. The summed E-state index contributed by atoms with van der Waals surface area (Å²) in [4.78, 5) is 13.3. The summed E-state index contributed by atoms with van der Waals surface area (Å²) in [6, 6.07) is 5.65. The Kier molecular flexibility index (Phi) is 2.88. The molecule has 0 atom stereocenters. The number of anilines is 1. The number of hydrogen-bond acceptors (Lipinski definition) is 4. The molecule has 1 aliphatic carbocycles. The van der Waals surface area contributed by atoms with Gasteiger partial charge in [-0.25, -0.2) is 9.97 Å². The molecule has 2 heterocycles. The van der Waals surface area contributed by atoms with Gasteiger partial charge in [0.05, 0.1) is 5.02 Å². The Labute approximate surface area is 110 Å². The second-order valence-corrected chi connectivity index (χ2v) is 4.82. The van der Waals surface area contributed by atoms with Gasteiger partial charge in [-0.2, -0.15) is 0 Å². The van der Waals surface area contributed by atoms with Crippen LogP contribution in [0.4, 0.5) is 5.82 Å². The molecule has 0 unspecified atom stereocenters. The topological polar surface area (TPSA) is 50.7 Å². The number of hydrogen-bond donors (Lipinski definition) is 1. The molecule has 18 heavy (non-hydrogen) atoms. The fourth-order valence-electron chi connectivity index (χ4n) is 1.80. The molecule has 0 aromatic carbocycles. The van der Waals surface area contributed by atoms with Crippen molar-refractivity contribution in [3.05, 3.63) is 35.1 Å². The van der Waals surface area contributed by atoms with E-state index >= 15 is 0 Å². The minimum absolute atomic E-state index is 0.589. The van der Waals surface area contributed by atoms with Gasteiger partial charge in [-0.15, -0.1) is 0 Å². The van der Waals surface area contributed by atoms with Crippen LogP contribution in [0.2, 0.25) is 5.02 Å². The van der Waals surface area contributed by atoms with Crippen LogP contribution >= 0.6 is 11.6 Å². The quantitative estimate of drug-likeness (QED) is 0.921. The molecule has 1 aliphatic rings. The first-order valence-corrected chi connectivity index (χ1v) is 6.33. The molecule has 0 aliphatic heterocycles. The minimum Gasteiger partial charge on any atom is -0.373 e. The highest BCUT2D eigenvalue weighted by molar-refractivity contribution is 6.30. The fourth-order valence-corrected chi connectivity index (χ4v) is 1.92. The molecular formula is C13H13ClN4. The summed E-state index contributed by atoms with van der Waals surface area (Å²) in [6.07, 6.45) is 4.05. The van der Waals surface area contributed by atoms with E-state index in [9.17, 15) is 0 Å². The predicted octanol–water partition coefficient (Wildman–Crippen LogP) is 3.11. The maximum atomic E-state index is 5.83. The highest BCUT2D eigenvalue weighted by Crippen LogP contribution is 2.40. The van der Waals surface area contributed by atoms with Crippen LogP contribution in [-0.4, -0.2) is 22.0 Å². The van der Waals surface area contributed by atoms with Crippen LogP contribution in [-0.2, 0) is 0 Å². The van der Waals surface area contributed by atoms with Crippen molar-refractivity contribution in [2.45, 2.75) is 18.8 Å². The van der Waals surface area contributed by atoms with E-state index in [2.05, 4.69) is 20.3 Å². The smallest absolute Gasteiger partial charge is 0.180 e. The van der Waals surface area contributed by atoms with Gasteiger partial charge in [-0.05, 0) is 25.0 Å². The summed E-state index contributed by atoms with van der Waals surface area (Å²) in [5.74, 6) is 2.07. The van der Waals surface area contributed by atoms with Crippen molar-refractivity contribution in [1.29, 1.82) is 0 Å². The summed E-state index contributed by atoms with van der Waals surface area (Å²) in [6.45, 7) is 0. The van der Waals surface area contributed by atoms with Crippen molar-refractivity contribution in [3.63, 3.8) is 0 Å². The van der Waals surface area contributed by atoms with Crippen LogP contribution in [0.5, 0.6) is 0 Å². The molecule has 0 amide bonds. The number of halogens is 1. The molecule has 1 fully saturated rings. The number of nitrogens with one attached hydrogen (secondary N) is 1. The van der Waals surface area contributed by atoms with Crippen molar-refractivity contribution < 1.29 is 0 Å². The van der Waals surface area contributed by atoms with Crippen molar-refractivity contribution in [3.8, 4) is 11.5 Å². The molecule has 5 heteroatoms. The minimum atomic E-state index is 0.589. The lowest BCUT2D eigenvalue weighted by Gasteiger charge is -2.06. The lowest BCUT2D eigenvalue weighted by Crippen LogP contribution is -2.01. The SMILES string of the molecule is CNc1cc(C2CC2)nc(-c2ccc(Cl)cn2)n1. The Hall–Kier alpha value is -1.68. The highest BCUT2D eigenvalue weighted by atomic mass is 35.5. The standard InChI is InChI=1S/C13H13ClN4/c1-15-12-6-11(8-2-3-8)17-13(18-12)10-5-4-9(14)7-16-10/h4-8H,2-3H2,1H3,(H,15,17,18). The van der Waals surface area contributed by atoms with E-state index in [1.165, 1.54) is 12.8 Å². The molecule has 92 valence electrons. The van der Waals surface area contributed by atoms with Crippen molar-refractivity contribution >= 4 is 17.4 Å². The van der Waals surface area contributed by atoms with Gasteiger partial charge in [0.15, 0.2) is 5.82 Å². The third-order valence-electron chi connectivity index (χ3n) is 2.95. The van der Waals surface area contributed by atoms with Gasteiger partial charge >= 0.3 is 0 Å². The normalized spacial score (nSPS) is 14.6. The number of aromatic nitrogens is 3. The Morgan fingerprint density at radius 2 is 2.11 bits per heavy atom. The molecule has 2 aromatic rings. The van der Waals surface area contributed by atoms with Gasteiger partial charge in [-0.1, -0.05) is 11.6 Å². The molecule has 0 bridgehead atoms. The van der Waals surface area contributed by atoms with Gasteiger partial charge in [0.1, 0.15) is 11.5 Å². The molecule has 2 aromatic heterocycles. The average Bonchev–Trinajstić information content (AvgIpc) is 3.23. The zero-order valence-electron chi connectivity index (χ0n) is 10.0. The van der Waals surface area contributed by atoms with Gasteiger partial charge in [-0.3, -0.25) is 4.98 Å². The summed E-state index contributed by atoms with van der Waals surface area (Å²) in [5, 5.41) is 3.68. The Bertz CT molecular complexity index is 564. The van der Waals surface area contributed by atoms with Crippen molar-refractivity contribution in [2.24, 2.45) is 0 Å². The third kappa shape index (κ3) is 2.29. The molecule has 3 rings (SSSR count). The summed E-state index contributed by atoms with van der Waals surface area (Å²) < 4.78 is 0. The fraction of sp³-hybridized carbons (Fsp3) is 0.308. The van der Waals surface area contributed by atoms with E-state index in [1.807, 2.05) is 19.2 Å². The molecule has 0 spiro atoms. The molecule has 0 saturated heterocycles. The van der Waals surface area contributed by atoms with Gasteiger partial charge in [0.25, 0.3) is 0 Å². The van der Waals surface area contributed by atoms with Crippen molar-refractivity contribution in [1.82, 2.24) is 15.0 Å². The first-order chi connectivity index (χ1) is 8.76. The van der Waals surface area contributed by atoms with Crippen LogP contribution in [0.3, 0.4) is 0 Å². The van der Waals surface area contributed by atoms with E-state index in [4.69, 9.17) is 11.6 Å². The van der Waals surface area contributed by atoms with Gasteiger partial charge in [0.2, 0.25) is 0 Å². The second kappa shape index (κ2) is 4.53. The predicted molar refractivity (Wildman–Crippen MR) is 71.8 cm³/mol.